The summed E-state index contributed by atoms with van der Waals surface area (Å²) in [5, 5.41) is 6.76. The normalized spacial score (nSPS) is 11.7. The van der Waals surface area contributed by atoms with Gasteiger partial charge in [-0.3, -0.25) is 9.59 Å². The van der Waals surface area contributed by atoms with E-state index in [1.807, 2.05) is 85.1 Å². The number of aromatic amines is 1. The van der Waals surface area contributed by atoms with Crippen molar-refractivity contribution < 1.29 is 14.3 Å². The van der Waals surface area contributed by atoms with Gasteiger partial charge in [0.2, 0.25) is 11.8 Å². The third kappa shape index (κ3) is 5.16. The highest BCUT2D eigenvalue weighted by molar-refractivity contribution is 5.89. The van der Waals surface area contributed by atoms with Crippen LogP contribution in [0.25, 0.3) is 10.9 Å². The van der Waals surface area contributed by atoms with Crippen molar-refractivity contribution in [1.82, 2.24) is 15.6 Å². The number of amides is 2. The Morgan fingerprint density at radius 1 is 0.906 bits per heavy atom. The molecule has 0 spiro atoms. The van der Waals surface area contributed by atoms with E-state index in [2.05, 4.69) is 15.6 Å². The second-order valence-electron chi connectivity index (χ2n) is 7.56. The van der Waals surface area contributed by atoms with Gasteiger partial charge in [-0.25, -0.2) is 0 Å². The van der Waals surface area contributed by atoms with Crippen LogP contribution in [0.15, 0.2) is 85.1 Å². The Morgan fingerprint density at radius 3 is 2.44 bits per heavy atom. The molecule has 0 saturated carbocycles. The molecule has 1 aromatic heterocycles. The monoisotopic (exact) mass is 427 g/mol. The van der Waals surface area contributed by atoms with Crippen LogP contribution in [0.1, 0.15) is 18.1 Å². The van der Waals surface area contributed by atoms with Gasteiger partial charge in [0.15, 0.2) is 0 Å². The van der Waals surface area contributed by atoms with Crippen LogP contribution < -0.4 is 15.4 Å². The molecule has 6 heteroatoms. The maximum atomic E-state index is 13.0. The van der Waals surface area contributed by atoms with Crippen LogP contribution in [0, 0.1) is 0 Å². The first-order valence-electron chi connectivity index (χ1n) is 10.5. The third-order valence-electron chi connectivity index (χ3n) is 5.19. The van der Waals surface area contributed by atoms with Crippen molar-refractivity contribution in [3.63, 3.8) is 0 Å². The van der Waals surface area contributed by atoms with Crippen LogP contribution >= 0.6 is 0 Å². The maximum Gasteiger partial charge on any atom is 0.243 e. The van der Waals surface area contributed by atoms with Crippen LogP contribution in [0.2, 0.25) is 0 Å². The minimum Gasteiger partial charge on any atom is -0.457 e. The lowest BCUT2D eigenvalue weighted by molar-refractivity contribution is -0.128. The zero-order chi connectivity index (χ0) is 22.3. The van der Waals surface area contributed by atoms with Crippen LogP contribution in [0.4, 0.5) is 0 Å². The highest BCUT2D eigenvalue weighted by atomic mass is 16.5. The number of aromatic nitrogens is 1. The van der Waals surface area contributed by atoms with Crippen molar-refractivity contribution in [2.24, 2.45) is 0 Å². The number of para-hydroxylation sites is 3. The minimum atomic E-state index is -0.686. The highest BCUT2D eigenvalue weighted by Crippen LogP contribution is 2.25. The average molecular weight is 428 g/mol. The number of nitrogens with one attached hydrogen (secondary N) is 3. The van der Waals surface area contributed by atoms with Crippen molar-refractivity contribution in [3.05, 3.63) is 96.2 Å². The fourth-order valence-corrected chi connectivity index (χ4v) is 3.65. The van der Waals surface area contributed by atoms with E-state index in [0.29, 0.717) is 12.2 Å². The fraction of sp³-hybridized carbons (Fsp3) is 0.154. The van der Waals surface area contributed by atoms with E-state index in [4.69, 9.17) is 4.74 Å². The molecule has 6 nitrogen and oxygen atoms in total. The predicted octanol–water partition coefficient (Wildman–Crippen LogP) is 4.32. The molecule has 4 rings (SSSR count). The third-order valence-corrected chi connectivity index (χ3v) is 5.19. The van der Waals surface area contributed by atoms with Gasteiger partial charge in [0.1, 0.15) is 17.5 Å². The van der Waals surface area contributed by atoms with E-state index in [1.54, 1.807) is 0 Å². The van der Waals surface area contributed by atoms with Crippen LogP contribution in [0.3, 0.4) is 0 Å². The number of H-pyrrole nitrogens is 1. The molecule has 2 amide bonds. The zero-order valence-electron chi connectivity index (χ0n) is 17.8. The van der Waals surface area contributed by atoms with Crippen molar-refractivity contribution >= 4 is 22.7 Å². The Balaban J connectivity index is 1.47. The standard InChI is InChI=1S/C26H25N3O3/c1-18(30)29-24(15-20-17-27-23-13-7-6-12-22(20)23)26(31)28-16-19-9-5-8-14-25(19)32-21-10-3-2-4-11-21/h2-14,17,24,27H,15-16H2,1H3,(H,28,31)(H,29,30). The summed E-state index contributed by atoms with van der Waals surface area (Å²) in [4.78, 5) is 28.0. The van der Waals surface area contributed by atoms with Crippen molar-refractivity contribution in [1.29, 1.82) is 0 Å². The molecular formula is C26H25N3O3. The molecule has 0 aliphatic heterocycles. The molecule has 1 unspecified atom stereocenters. The number of fused-ring (bicyclic) bond motifs is 1. The molecule has 4 aromatic rings. The van der Waals surface area contributed by atoms with Crippen molar-refractivity contribution in [2.75, 3.05) is 0 Å². The number of hydrogen-bond donors (Lipinski definition) is 3. The number of carbonyl (C=O) groups is 2. The number of benzene rings is 3. The van der Waals surface area contributed by atoms with E-state index in [9.17, 15) is 9.59 Å². The van der Waals surface area contributed by atoms with E-state index < -0.39 is 6.04 Å². The van der Waals surface area contributed by atoms with Crippen molar-refractivity contribution in [2.45, 2.75) is 25.9 Å². The summed E-state index contributed by atoms with van der Waals surface area (Å²) < 4.78 is 5.98. The summed E-state index contributed by atoms with van der Waals surface area (Å²) >= 11 is 0. The quantitative estimate of drug-likeness (QED) is 0.392. The van der Waals surface area contributed by atoms with Gasteiger partial charge in [-0.05, 0) is 29.8 Å². The smallest absolute Gasteiger partial charge is 0.243 e. The molecule has 1 heterocycles. The van der Waals surface area contributed by atoms with Gasteiger partial charge < -0.3 is 20.4 Å². The number of ether oxygens (including phenoxy) is 1. The molecule has 0 fully saturated rings. The SMILES string of the molecule is CC(=O)NC(Cc1c[nH]c2ccccc12)C(=O)NCc1ccccc1Oc1ccccc1. The van der Waals surface area contributed by atoms with Gasteiger partial charge in [0.25, 0.3) is 0 Å². The van der Waals surface area contributed by atoms with E-state index in [1.165, 1.54) is 6.92 Å². The Bertz CT molecular complexity index is 1220. The molecule has 0 aliphatic rings. The topological polar surface area (TPSA) is 83.2 Å². The summed E-state index contributed by atoms with van der Waals surface area (Å²) in [7, 11) is 0. The van der Waals surface area contributed by atoms with Gasteiger partial charge >= 0.3 is 0 Å². The zero-order valence-corrected chi connectivity index (χ0v) is 17.8. The summed E-state index contributed by atoms with van der Waals surface area (Å²) in [6.07, 6.45) is 2.27. The molecule has 0 aliphatic carbocycles. The second kappa shape index (κ2) is 9.83. The van der Waals surface area contributed by atoms with Crippen LogP contribution in [0.5, 0.6) is 11.5 Å². The van der Waals surface area contributed by atoms with Gasteiger partial charge in [-0.2, -0.15) is 0 Å². The fourth-order valence-electron chi connectivity index (χ4n) is 3.65. The van der Waals surface area contributed by atoms with E-state index in [0.717, 1.165) is 27.8 Å². The van der Waals surface area contributed by atoms with Gasteiger partial charge in [-0.1, -0.05) is 54.6 Å². The predicted molar refractivity (Wildman–Crippen MR) is 124 cm³/mol. The van der Waals surface area contributed by atoms with Gasteiger partial charge in [0, 0.05) is 42.6 Å². The molecular weight excluding hydrogens is 402 g/mol. The summed E-state index contributed by atoms with van der Waals surface area (Å²) in [6, 6.07) is 24.3. The Hall–Kier alpha value is -4.06. The highest BCUT2D eigenvalue weighted by Gasteiger charge is 2.21. The van der Waals surface area contributed by atoms with E-state index >= 15 is 0 Å². The molecule has 3 aromatic carbocycles. The molecule has 1 atom stereocenters. The Labute approximate surface area is 186 Å². The molecule has 0 saturated heterocycles. The summed E-state index contributed by atoms with van der Waals surface area (Å²) in [5.41, 5.74) is 2.82. The average Bonchev–Trinajstić information content (AvgIpc) is 3.21. The molecule has 0 radical (unpaired) electrons. The molecule has 3 N–H and O–H groups in total. The Morgan fingerprint density at radius 2 is 1.62 bits per heavy atom. The minimum absolute atomic E-state index is 0.250. The van der Waals surface area contributed by atoms with E-state index in [-0.39, 0.29) is 18.4 Å². The lowest BCUT2D eigenvalue weighted by atomic mass is 10.0. The maximum absolute atomic E-state index is 13.0. The number of carbonyl (C=O) groups excluding carboxylic acids is 2. The summed E-state index contributed by atoms with van der Waals surface area (Å²) in [6.45, 7) is 1.70. The number of rotatable bonds is 8. The van der Waals surface area contributed by atoms with Gasteiger partial charge in [-0.15, -0.1) is 0 Å². The molecule has 0 bridgehead atoms. The lowest BCUT2D eigenvalue weighted by Gasteiger charge is -2.18. The molecule has 162 valence electrons. The largest absolute Gasteiger partial charge is 0.457 e. The first-order chi connectivity index (χ1) is 15.6. The van der Waals surface area contributed by atoms with Crippen LogP contribution in [-0.4, -0.2) is 22.8 Å². The lowest BCUT2D eigenvalue weighted by Crippen LogP contribution is -2.47. The Kier molecular flexibility index (Phi) is 6.51. The first-order valence-corrected chi connectivity index (χ1v) is 10.5. The summed E-state index contributed by atoms with van der Waals surface area (Å²) in [5.74, 6) is 0.895. The first kappa shape index (κ1) is 21.2. The molecule has 32 heavy (non-hydrogen) atoms. The van der Waals surface area contributed by atoms with Crippen molar-refractivity contribution in [3.8, 4) is 11.5 Å². The van der Waals surface area contributed by atoms with Crippen LogP contribution in [-0.2, 0) is 22.6 Å². The van der Waals surface area contributed by atoms with Gasteiger partial charge in [0.05, 0.1) is 0 Å². The number of hydrogen-bond acceptors (Lipinski definition) is 3. The second-order valence-corrected chi connectivity index (χ2v) is 7.56.